The van der Waals surface area contributed by atoms with E-state index in [4.69, 9.17) is 13.4 Å². The van der Waals surface area contributed by atoms with Crippen molar-refractivity contribution < 1.29 is 23.0 Å². The van der Waals surface area contributed by atoms with Gasteiger partial charge in [-0.05, 0) is 25.0 Å². The molecule has 0 unspecified atom stereocenters. The molecule has 2 heterocycles. The lowest BCUT2D eigenvalue weighted by atomic mass is 10.1. The zero-order valence-corrected chi connectivity index (χ0v) is 16.7. The highest BCUT2D eigenvalue weighted by Gasteiger charge is 2.30. The Kier molecular flexibility index (Phi) is 4.53. The third kappa shape index (κ3) is 4.29. The van der Waals surface area contributed by atoms with E-state index in [0.717, 1.165) is 12.8 Å². The van der Waals surface area contributed by atoms with E-state index in [0.29, 0.717) is 28.7 Å². The highest BCUT2D eigenvalue weighted by molar-refractivity contribution is 6.00. The molecule has 1 saturated carbocycles. The fourth-order valence-corrected chi connectivity index (χ4v) is 2.93. The van der Waals surface area contributed by atoms with Crippen LogP contribution in [0.3, 0.4) is 0 Å². The normalized spacial score (nSPS) is 14.7. The van der Waals surface area contributed by atoms with Gasteiger partial charge in [-0.3, -0.25) is 9.59 Å². The van der Waals surface area contributed by atoms with Crippen LogP contribution in [0.25, 0.3) is 11.4 Å². The van der Waals surface area contributed by atoms with Gasteiger partial charge in [0.2, 0.25) is 17.6 Å². The van der Waals surface area contributed by atoms with Crippen molar-refractivity contribution in [1.82, 2.24) is 25.7 Å². The summed E-state index contributed by atoms with van der Waals surface area (Å²) >= 11 is 0. The third-order valence-corrected chi connectivity index (χ3v) is 4.58. The molecule has 160 valence electrons. The van der Waals surface area contributed by atoms with Crippen LogP contribution < -0.4 is 20.7 Å². The van der Waals surface area contributed by atoms with E-state index in [9.17, 15) is 9.59 Å². The molecule has 2 amide bonds. The standard InChI is InChI=1S/C20H21N7O4/c1-10-22-18(27-31-10)12-5-4-6-13(17(12)30-3)23-14-9-15(24-19(28)11-7-8-11)25-26-16(14)20(29)21-2/h4-6,9,11H,7-8H2,1-3H3,(H,21,29)(H2,23,24,25,28)/i2D3. The minimum atomic E-state index is -2.73. The Hall–Kier alpha value is -4.02. The van der Waals surface area contributed by atoms with Gasteiger partial charge >= 0.3 is 0 Å². The van der Waals surface area contributed by atoms with Crippen LogP contribution in [-0.2, 0) is 4.79 Å². The average molecular weight is 426 g/mol. The lowest BCUT2D eigenvalue weighted by Gasteiger charge is -2.16. The number of rotatable bonds is 7. The molecule has 11 heteroatoms. The Morgan fingerprint density at radius 2 is 2.10 bits per heavy atom. The minimum Gasteiger partial charge on any atom is -0.494 e. The van der Waals surface area contributed by atoms with E-state index in [2.05, 4.69) is 31.0 Å². The molecule has 0 bridgehead atoms. The first-order chi connectivity index (χ1) is 16.1. The highest BCUT2D eigenvalue weighted by Crippen LogP contribution is 2.37. The van der Waals surface area contributed by atoms with Gasteiger partial charge in [-0.25, -0.2) is 0 Å². The molecule has 1 aliphatic carbocycles. The van der Waals surface area contributed by atoms with E-state index in [1.165, 1.54) is 13.2 Å². The Morgan fingerprint density at radius 3 is 2.77 bits per heavy atom. The Balaban J connectivity index is 1.72. The quantitative estimate of drug-likeness (QED) is 0.518. The summed E-state index contributed by atoms with van der Waals surface area (Å²) in [4.78, 5) is 29.0. The molecule has 11 nitrogen and oxygen atoms in total. The first kappa shape index (κ1) is 16.7. The van der Waals surface area contributed by atoms with Gasteiger partial charge in [-0.2, -0.15) is 4.98 Å². The number of methoxy groups -OCH3 is 1. The Labute approximate surface area is 181 Å². The second kappa shape index (κ2) is 8.38. The molecule has 1 aliphatic rings. The number of hydrogen-bond acceptors (Lipinski definition) is 9. The molecule has 0 aliphatic heterocycles. The van der Waals surface area contributed by atoms with Gasteiger partial charge in [0, 0.05) is 30.0 Å². The smallest absolute Gasteiger partial charge is 0.273 e. The largest absolute Gasteiger partial charge is 0.494 e. The number of nitrogens with one attached hydrogen (secondary N) is 3. The molecule has 4 rings (SSSR count). The fraction of sp³-hybridized carbons (Fsp3) is 0.300. The summed E-state index contributed by atoms with van der Waals surface area (Å²) < 4.78 is 32.5. The number of anilines is 3. The van der Waals surface area contributed by atoms with Crippen LogP contribution in [0, 0.1) is 12.8 Å². The maximum atomic E-state index is 12.6. The summed E-state index contributed by atoms with van der Waals surface area (Å²) in [6.07, 6.45) is 1.59. The molecule has 3 aromatic rings. The predicted octanol–water partition coefficient (Wildman–Crippen LogP) is 2.30. The Bertz CT molecular complexity index is 1240. The van der Waals surface area contributed by atoms with Gasteiger partial charge in [-0.15, -0.1) is 10.2 Å². The third-order valence-electron chi connectivity index (χ3n) is 4.58. The number of aryl methyl sites for hydroxylation is 1. The van der Waals surface area contributed by atoms with E-state index in [1.54, 1.807) is 25.1 Å². The van der Waals surface area contributed by atoms with Crippen LogP contribution in [0.4, 0.5) is 17.2 Å². The molecule has 0 saturated heterocycles. The lowest BCUT2D eigenvalue weighted by Crippen LogP contribution is -2.22. The number of ether oxygens (including phenoxy) is 1. The van der Waals surface area contributed by atoms with Crippen molar-refractivity contribution in [2.75, 3.05) is 24.7 Å². The summed E-state index contributed by atoms with van der Waals surface area (Å²) in [5.41, 5.74) is 0.728. The molecule has 0 spiro atoms. The lowest BCUT2D eigenvalue weighted by molar-refractivity contribution is -0.117. The molecular weight excluding hydrogens is 402 g/mol. The van der Waals surface area contributed by atoms with Gasteiger partial charge in [0.15, 0.2) is 17.3 Å². The van der Waals surface area contributed by atoms with E-state index in [1.807, 2.05) is 5.32 Å². The zero-order valence-electron chi connectivity index (χ0n) is 19.7. The monoisotopic (exact) mass is 426 g/mol. The molecule has 3 N–H and O–H groups in total. The predicted molar refractivity (Wildman–Crippen MR) is 111 cm³/mol. The van der Waals surface area contributed by atoms with Crippen molar-refractivity contribution in [3.8, 4) is 17.1 Å². The number of carbonyl (C=O) groups excluding carboxylic acids is 2. The van der Waals surface area contributed by atoms with E-state index in [-0.39, 0.29) is 29.0 Å². The van der Waals surface area contributed by atoms with Crippen molar-refractivity contribution in [2.24, 2.45) is 5.92 Å². The summed E-state index contributed by atoms with van der Waals surface area (Å²) in [6.45, 7) is -1.08. The van der Waals surface area contributed by atoms with Crippen molar-refractivity contribution in [2.45, 2.75) is 19.8 Å². The number of benzene rings is 1. The van der Waals surface area contributed by atoms with Crippen LogP contribution in [0.15, 0.2) is 28.8 Å². The van der Waals surface area contributed by atoms with Gasteiger partial charge < -0.3 is 25.2 Å². The maximum Gasteiger partial charge on any atom is 0.273 e. The molecule has 1 aromatic carbocycles. The SMILES string of the molecule is [2H]C([2H])([2H])NC(=O)c1nnc(NC(=O)C2CC2)cc1Nc1cccc(-c2noc(C)n2)c1OC. The van der Waals surface area contributed by atoms with Crippen molar-refractivity contribution in [1.29, 1.82) is 0 Å². The van der Waals surface area contributed by atoms with Crippen molar-refractivity contribution in [3.63, 3.8) is 0 Å². The highest BCUT2D eigenvalue weighted by atomic mass is 16.5. The van der Waals surface area contributed by atoms with Gasteiger partial charge in [-0.1, -0.05) is 11.2 Å². The topological polar surface area (TPSA) is 144 Å². The first-order valence-electron chi connectivity index (χ1n) is 10.9. The average Bonchev–Trinajstić information content (AvgIpc) is 3.53. The fourth-order valence-electron chi connectivity index (χ4n) is 2.93. The van der Waals surface area contributed by atoms with Gasteiger partial charge in [0.1, 0.15) is 0 Å². The van der Waals surface area contributed by atoms with Crippen LogP contribution in [0.1, 0.15) is 33.3 Å². The van der Waals surface area contributed by atoms with Crippen molar-refractivity contribution >= 4 is 29.0 Å². The zero-order chi connectivity index (χ0) is 24.5. The summed E-state index contributed by atoms with van der Waals surface area (Å²) in [7, 11) is 1.45. The number of hydrogen-bond donors (Lipinski definition) is 3. The Morgan fingerprint density at radius 1 is 1.26 bits per heavy atom. The number of para-hydroxylation sites is 1. The first-order valence-corrected chi connectivity index (χ1v) is 9.40. The van der Waals surface area contributed by atoms with Crippen LogP contribution in [0.5, 0.6) is 5.75 Å². The molecule has 2 aromatic heterocycles. The molecule has 1 fully saturated rings. The van der Waals surface area contributed by atoms with E-state index >= 15 is 0 Å². The second-order valence-electron chi connectivity index (χ2n) is 6.86. The minimum absolute atomic E-state index is 0.0769. The van der Waals surface area contributed by atoms with Crippen LogP contribution in [-0.4, -0.2) is 46.2 Å². The summed E-state index contributed by atoms with van der Waals surface area (Å²) in [5.74, 6) is -0.144. The maximum absolute atomic E-state index is 12.6. The number of aromatic nitrogens is 4. The summed E-state index contributed by atoms with van der Waals surface area (Å²) in [6, 6.07) is 6.50. The molecule has 31 heavy (non-hydrogen) atoms. The van der Waals surface area contributed by atoms with Crippen LogP contribution in [0.2, 0.25) is 0 Å². The molecule has 0 atom stereocenters. The second-order valence-corrected chi connectivity index (χ2v) is 6.86. The van der Waals surface area contributed by atoms with Gasteiger partial charge in [0.25, 0.3) is 5.91 Å². The molecular formula is C20H21N7O4. The van der Waals surface area contributed by atoms with Crippen molar-refractivity contribution in [3.05, 3.63) is 35.9 Å². The number of nitrogens with zero attached hydrogens (tertiary/aromatic N) is 4. The summed E-state index contributed by atoms with van der Waals surface area (Å²) in [5, 5.41) is 19.2. The number of carbonyl (C=O) groups is 2. The van der Waals surface area contributed by atoms with Crippen LogP contribution >= 0.6 is 0 Å². The molecule has 0 radical (unpaired) electrons. The van der Waals surface area contributed by atoms with E-state index < -0.39 is 12.9 Å². The number of amides is 2. The van der Waals surface area contributed by atoms with Gasteiger partial charge in [0.05, 0.1) is 24.0 Å².